The molecule has 1 aromatic carbocycles. The quantitative estimate of drug-likeness (QED) is 0.761. The molecule has 0 aliphatic carbocycles. The Kier molecular flexibility index (Phi) is 2.98. The van der Waals surface area contributed by atoms with Crippen LogP contribution in [0.4, 0.5) is 4.39 Å². The minimum atomic E-state index is -0.248. The smallest absolute Gasteiger partial charge is 0.123 e. The van der Waals surface area contributed by atoms with Crippen molar-refractivity contribution < 1.29 is 4.39 Å². The topological polar surface area (TPSA) is 35.8 Å². The summed E-state index contributed by atoms with van der Waals surface area (Å²) in [6.45, 7) is 1.90. The van der Waals surface area contributed by atoms with Gasteiger partial charge >= 0.3 is 0 Å². The van der Waals surface area contributed by atoms with E-state index in [2.05, 4.69) is 11.4 Å². The lowest BCUT2D eigenvalue weighted by Gasteiger charge is -2.23. The Morgan fingerprint density at radius 1 is 1.33 bits per heavy atom. The summed E-state index contributed by atoms with van der Waals surface area (Å²) in [6, 6.07) is 6.57. The normalized spacial score (nSPS) is 17.3. The minimum absolute atomic E-state index is 0.248. The second-order valence-electron chi connectivity index (χ2n) is 3.87. The summed E-state index contributed by atoms with van der Waals surface area (Å²) < 4.78 is 13.1. The molecule has 0 spiro atoms. The number of rotatable bonds is 1. The first kappa shape index (κ1) is 10.1. The molecule has 0 radical (unpaired) electrons. The van der Waals surface area contributed by atoms with Crippen LogP contribution in [0.25, 0.3) is 0 Å². The molecule has 2 nitrogen and oxygen atoms in total. The zero-order valence-corrected chi connectivity index (χ0v) is 8.46. The molecule has 0 aromatic heterocycles. The van der Waals surface area contributed by atoms with Crippen LogP contribution in [0.5, 0.6) is 0 Å². The van der Waals surface area contributed by atoms with Gasteiger partial charge in [0.15, 0.2) is 0 Å². The molecule has 1 fully saturated rings. The molecular formula is C12H13FN2. The zero-order chi connectivity index (χ0) is 10.7. The Bertz CT molecular complexity index is 389. The Morgan fingerprint density at radius 2 is 2.07 bits per heavy atom. The first-order valence-electron chi connectivity index (χ1n) is 5.21. The Morgan fingerprint density at radius 3 is 2.73 bits per heavy atom. The molecule has 1 aromatic rings. The van der Waals surface area contributed by atoms with Gasteiger partial charge in [0.25, 0.3) is 0 Å². The summed E-state index contributed by atoms with van der Waals surface area (Å²) in [5, 5.41) is 12.2. The van der Waals surface area contributed by atoms with Crippen LogP contribution in [0.2, 0.25) is 0 Å². The summed E-state index contributed by atoms with van der Waals surface area (Å²) in [7, 11) is 0. The lowest BCUT2D eigenvalue weighted by Crippen LogP contribution is -2.27. The largest absolute Gasteiger partial charge is 0.317 e. The first-order chi connectivity index (χ1) is 7.31. The second kappa shape index (κ2) is 4.41. The maximum atomic E-state index is 13.1. The number of hydrogen-bond donors (Lipinski definition) is 1. The van der Waals surface area contributed by atoms with Gasteiger partial charge in [-0.25, -0.2) is 4.39 Å². The molecule has 2 rings (SSSR count). The van der Waals surface area contributed by atoms with Gasteiger partial charge < -0.3 is 5.32 Å². The predicted octanol–water partition coefficient (Wildman–Crippen LogP) is 2.16. The molecule has 78 valence electrons. The third-order valence-electron chi connectivity index (χ3n) is 2.91. The van der Waals surface area contributed by atoms with Gasteiger partial charge in [-0.05, 0) is 55.6 Å². The summed E-state index contributed by atoms with van der Waals surface area (Å²) in [6.07, 6.45) is 1.97. The lowest BCUT2D eigenvalue weighted by molar-refractivity contribution is 0.458. The number of halogens is 1. The summed E-state index contributed by atoms with van der Waals surface area (Å²) >= 11 is 0. The minimum Gasteiger partial charge on any atom is -0.317 e. The van der Waals surface area contributed by atoms with Crippen LogP contribution < -0.4 is 5.32 Å². The maximum Gasteiger partial charge on any atom is 0.123 e. The summed E-state index contributed by atoms with van der Waals surface area (Å²) in [4.78, 5) is 0. The van der Waals surface area contributed by atoms with Crippen molar-refractivity contribution in [2.45, 2.75) is 18.8 Å². The highest BCUT2D eigenvalue weighted by atomic mass is 19.1. The highest BCUT2D eigenvalue weighted by molar-refractivity contribution is 5.40. The van der Waals surface area contributed by atoms with E-state index in [0.29, 0.717) is 11.5 Å². The van der Waals surface area contributed by atoms with Gasteiger partial charge in [-0.1, -0.05) is 0 Å². The van der Waals surface area contributed by atoms with Gasteiger partial charge in [-0.2, -0.15) is 5.26 Å². The first-order valence-corrected chi connectivity index (χ1v) is 5.21. The fourth-order valence-corrected chi connectivity index (χ4v) is 2.11. The molecule has 0 saturated carbocycles. The van der Waals surface area contributed by atoms with Crippen LogP contribution in [0.3, 0.4) is 0 Å². The van der Waals surface area contributed by atoms with Crippen molar-refractivity contribution in [2.24, 2.45) is 0 Å². The van der Waals surface area contributed by atoms with Crippen molar-refractivity contribution in [3.05, 3.63) is 35.1 Å². The van der Waals surface area contributed by atoms with Gasteiger partial charge in [0.2, 0.25) is 0 Å². The van der Waals surface area contributed by atoms with E-state index in [9.17, 15) is 4.39 Å². The molecule has 3 heteroatoms. The molecule has 0 unspecified atom stereocenters. The summed E-state index contributed by atoms with van der Waals surface area (Å²) in [5.74, 6) is 0.0825. The number of piperidine rings is 1. The van der Waals surface area contributed by atoms with Crippen molar-refractivity contribution in [3.8, 4) is 6.07 Å². The van der Waals surface area contributed by atoms with Crippen LogP contribution in [0, 0.1) is 17.1 Å². The van der Waals surface area contributed by atoms with E-state index >= 15 is 0 Å². The van der Waals surface area contributed by atoms with Crippen molar-refractivity contribution in [1.29, 1.82) is 5.26 Å². The van der Waals surface area contributed by atoms with Gasteiger partial charge in [0.05, 0.1) is 11.6 Å². The Labute approximate surface area is 88.7 Å². The van der Waals surface area contributed by atoms with Crippen LogP contribution in [-0.2, 0) is 0 Å². The van der Waals surface area contributed by atoms with Crippen molar-refractivity contribution >= 4 is 0 Å². The lowest BCUT2D eigenvalue weighted by atomic mass is 9.87. The molecule has 0 atom stereocenters. The zero-order valence-electron chi connectivity index (χ0n) is 8.46. The maximum absolute atomic E-state index is 13.1. The average Bonchev–Trinajstić information content (AvgIpc) is 2.30. The van der Waals surface area contributed by atoms with Crippen LogP contribution in [-0.4, -0.2) is 13.1 Å². The molecule has 1 saturated heterocycles. The highest BCUT2D eigenvalue weighted by Gasteiger charge is 2.18. The monoisotopic (exact) mass is 204 g/mol. The number of nitrogens with one attached hydrogen (secondary N) is 1. The molecule has 1 aliphatic heterocycles. The third-order valence-corrected chi connectivity index (χ3v) is 2.91. The average molecular weight is 204 g/mol. The highest BCUT2D eigenvalue weighted by Crippen LogP contribution is 2.28. The van der Waals surface area contributed by atoms with E-state index in [-0.39, 0.29) is 5.82 Å². The molecular weight excluding hydrogens is 191 g/mol. The molecule has 15 heavy (non-hydrogen) atoms. The molecule has 0 bridgehead atoms. The molecule has 1 N–H and O–H groups in total. The van der Waals surface area contributed by atoms with E-state index in [0.717, 1.165) is 31.5 Å². The van der Waals surface area contributed by atoms with Crippen LogP contribution in [0.15, 0.2) is 18.2 Å². The van der Waals surface area contributed by atoms with Crippen molar-refractivity contribution in [3.63, 3.8) is 0 Å². The SMILES string of the molecule is N#Cc1ccc(F)cc1C1CCNCC1. The Balaban J connectivity index is 2.32. The van der Waals surface area contributed by atoms with E-state index in [4.69, 9.17) is 5.26 Å². The standard InChI is InChI=1S/C12H13FN2/c13-11-2-1-10(8-14)12(7-11)9-3-5-15-6-4-9/h1-2,7,9,15H,3-6H2. The van der Waals surface area contributed by atoms with Gasteiger partial charge in [0.1, 0.15) is 5.82 Å². The fraction of sp³-hybridized carbons (Fsp3) is 0.417. The summed E-state index contributed by atoms with van der Waals surface area (Å²) in [5.41, 5.74) is 1.49. The van der Waals surface area contributed by atoms with Crippen molar-refractivity contribution in [2.75, 3.05) is 13.1 Å². The van der Waals surface area contributed by atoms with Crippen LogP contribution in [0.1, 0.15) is 29.9 Å². The predicted molar refractivity (Wildman–Crippen MR) is 56.0 cm³/mol. The number of hydrogen-bond acceptors (Lipinski definition) is 2. The second-order valence-corrected chi connectivity index (χ2v) is 3.87. The van der Waals surface area contributed by atoms with Gasteiger partial charge in [-0.3, -0.25) is 0 Å². The molecule has 0 amide bonds. The number of nitrogens with zero attached hydrogens (tertiary/aromatic N) is 1. The van der Waals surface area contributed by atoms with Crippen molar-refractivity contribution in [1.82, 2.24) is 5.32 Å². The van der Waals surface area contributed by atoms with Crippen LogP contribution >= 0.6 is 0 Å². The Hall–Kier alpha value is -1.40. The molecule has 1 heterocycles. The van der Waals surface area contributed by atoms with Gasteiger partial charge in [-0.15, -0.1) is 0 Å². The van der Waals surface area contributed by atoms with E-state index in [1.54, 1.807) is 6.07 Å². The third kappa shape index (κ3) is 2.16. The number of benzene rings is 1. The van der Waals surface area contributed by atoms with E-state index < -0.39 is 0 Å². The fourth-order valence-electron chi connectivity index (χ4n) is 2.11. The van der Waals surface area contributed by atoms with E-state index in [1.807, 2.05) is 0 Å². The number of nitriles is 1. The molecule has 1 aliphatic rings. The van der Waals surface area contributed by atoms with Gasteiger partial charge in [0, 0.05) is 0 Å². The van der Waals surface area contributed by atoms with E-state index in [1.165, 1.54) is 12.1 Å².